The number of carbonyl (C=O) groups excluding carboxylic acids is 1. The third-order valence-corrected chi connectivity index (χ3v) is 3.22. The number of hydrogen-bond acceptors (Lipinski definition) is 5. The maximum atomic E-state index is 11.6. The third kappa shape index (κ3) is 5.31. The van der Waals surface area contributed by atoms with Gasteiger partial charge in [-0.15, -0.1) is 0 Å². The van der Waals surface area contributed by atoms with Crippen LogP contribution in [0.4, 0.5) is 0 Å². The van der Waals surface area contributed by atoms with Gasteiger partial charge in [0.1, 0.15) is 6.54 Å². The highest BCUT2D eigenvalue weighted by Crippen LogP contribution is 2.08. The van der Waals surface area contributed by atoms with Gasteiger partial charge in [-0.1, -0.05) is 0 Å². The zero-order valence-electron chi connectivity index (χ0n) is 10.8. The van der Waals surface area contributed by atoms with E-state index in [4.69, 9.17) is 0 Å². The fourth-order valence-electron chi connectivity index (χ4n) is 1.43. The van der Waals surface area contributed by atoms with Gasteiger partial charge in [0, 0.05) is 24.4 Å². The van der Waals surface area contributed by atoms with Crippen molar-refractivity contribution in [1.82, 2.24) is 15.1 Å². The van der Waals surface area contributed by atoms with E-state index >= 15 is 0 Å². The smallest absolute Gasteiger partial charge is 0.265 e. The molecule has 3 N–H and O–H groups in total. The van der Waals surface area contributed by atoms with Crippen LogP contribution in [0.5, 0.6) is 0 Å². The normalized spacial score (nSPS) is 13.8. The molecule has 19 heavy (non-hydrogen) atoms. The number of amides is 1. The summed E-state index contributed by atoms with van der Waals surface area (Å²) in [7, 11) is 0. The second-order valence-corrected chi connectivity index (χ2v) is 5.31. The third-order valence-electron chi connectivity index (χ3n) is 2.31. The Morgan fingerprint density at radius 3 is 2.84 bits per heavy atom. The minimum atomic E-state index is -1.01. The van der Waals surface area contributed by atoms with Gasteiger partial charge in [-0.3, -0.25) is 19.5 Å². The van der Waals surface area contributed by atoms with Crippen LogP contribution in [0.2, 0.25) is 0 Å². The van der Waals surface area contributed by atoms with Crippen molar-refractivity contribution in [2.45, 2.75) is 19.1 Å². The molecule has 0 fully saturated rings. The van der Waals surface area contributed by atoms with Crippen LogP contribution < -0.4 is 16.4 Å². The average Bonchev–Trinajstić information content (AvgIpc) is 2.31. The Morgan fingerprint density at radius 2 is 2.21 bits per heavy atom. The summed E-state index contributed by atoms with van der Waals surface area (Å²) in [6.45, 7) is 1.41. The van der Waals surface area contributed by atoms with Crippen LogP contribution in [-0.4, -0.2) is 44.9 Å². The van der Waals surface area contributed by atoms with Crippen molar-refractivity contribution in [2.24, 2.45) is 0 Å². The molecule has 106 valence electrons. The Kier molecular flexibility index (Phi) is 5.37. The molecule has 0 aliphatic carbocycles. The van der Waals surface area contributed by atoms with Gasteiger partial charge in [0.25, 0.3) is 11.1 Å². The highest BCUT2D eigenvalue weighted by Gasteiger charge is 2.20. The molecule has 7 nitrogen and oxygen atoms in total. The lowest BCUT2D eigenvalue weighted by molar-refractivity contribution is -0.122. The molecule has 1 atom stereocenters. The molecule has 0 aliphatic heterocycles. The first-order chi connectivity index (χ1) is 8.84. The molecular formula is C11H17N3O4S. The highest BCUT2D eigenvalue weighted by atomic mass is 32.2. The summed E-state index contributed by atoms with van der Waals surface area (Å²) in [6, 6.07) is 2.19. The van der Waals surface area contributed by atoms with Crippen LogP contribution in [0, 0.1) is 0 Å². The van der Waals surface area contributed by atoms with Gasteiger partial charge >= 0.3 is 0 Å². The summed E-state index contributed by atoms with van der Waals surface area (Å²) in [5.74, 6) is 0.0281. The largest absolute Gasteiger partial charge is 0.387 e. The Bertz CT molecular complexity index is 549. The second-order valence-electron chi connectivity index (χ2n) is 4.44. The lowest BCUT2D eigenvalue weighted by Gasteiger charge is -2.22. The van der Waals surface area contributed by atoms with Crippen LogP contribution >= 0.6 is 11.8 Å². The van der Waals surface area contributed by atoms with Crippen molar-refractivity contribution in [1.29, 1.82) is 0 Å². The minimum absolute atomic E-state index is 0.0818. The molecule has 1 aromatic rings. The standard InChI is InChI=1S/C11H17N3O4S/c1-11(18,7-19-2)6-12-9(16)5-14-10(17)4-3-8(15)13-14/h3-4,18H,5-7H2,1-2H3,(H,12,16)(H,13,15). The Labute approximate surface area is 114 Å². The van der Waals surface area contributed by atoms with Crippen LogP contribution in [0.3, 0.4) is 0 Å². The summed E-state index contributed by atoms with van der Waals surface area (Å²) in [6.07, 6.45) is 1.85. The molecule has 0 aliphatic rings. The van der Waals surface area contributed by atoms with E-state index in [1.807, 2.05) is 6.26 Å². The number of H-pyrrole nitrogens is 1. The average molecular weight is 287 g/mol. The number of aliphatic hydroxyl groups is 1. The predicted octanol–water partition coefficient (Wildman–Crippen LogP) is -1.23. The predicted molar refractivity (Wildman–Crippen MR) is 73.3 cm³/mol. The van der Waals surface area contributed by atoms with Gasteiger partial charge in [-0.2, -0.15) is 11.8 Å². The quantitative estimate of drug-likeness (QED) is 0.607. The Balaban J connectivity index is 2.59. The zero-order chi connectivity index (χ0) is 14.5. The summed E-state index contributed by atoms with van der Waals surface area (Å²) in [4.78, 5) is 34.0. The summed E-state index contributed by atoms with van der Waals surface area (Å²) >= 11 is 1.46. The van der Waals surface area contributed by atoms with Gasteiger partial charge in [0.2, 0.25) is 5.91 Å². The van der Waals surface area contributed by atoms with E-state index in [0.717, 1.165) is 16.8 Å². The van der Waals surface area contributed by atoms with Crippen LogP contribution in [-0.2, 0) is 11.3 Å². The Morgan fingerprint density at radius 1 is 1.53 bits per heavy atom. The number of hydrogen-bond donors (Lipinski definition) is 3. The van der Waals surface area contributed by atoms with Crippen molar-refractivity contribution in [3.63, 3.8) is 0 Å². The maximum absolute atomic E-state index is 11.6. The van der Waals surface area contributed by atoms with E-state index in [1.54, 1.807) is 6.92 Å². The van der Waals surface area contributed by atoms with Gasteiger partial charge < -0.3 is 10.4 Å². The summed E-state index contributed by atoms with van der Waals surface area (Å²) in [5, 5.41) is 14.6. The molecule has 0 bridgehead atoms. The van der Waals surface area contributed by atoms with Gasteiger partial charge in [0.05, 0.1) is 5.60 Å². The van der Waals surface area contributed by atoms with E-state index < -0.39 is 22.6 Å². The molecular weight excluding hydrogens is 270 g/mol. The maximum Gasteiger partial charge on any atom is 0.265 e. The van der Waals surface area contributed by atoms with E-state index in [-0.39, 0.29) is 13.1 Å². The second kappa shape index (κ2) is 6.58. The fourth-order valence-corrected chi connectivity index (χ4v) is 2.15. The van der Waals surface area contributed by atoms with Gasteiger partial charge in [-0.05, 0) is 13.2 Å². The molecule has 1 rings (SSSR count). The van der Waals surface area contributed by atoms with Gasteiger partial charge in [-0.25, -0.2) is 4.68 Å². The van der Waals surface area contributed by atoms with Crippen molar-refractivity contribution >= 4 is 17.7 Å². The van der Waals surface area contributed by atoms with E-state index in [0.29, 0.717) is 5.75 Å². The summed E-state index contributed by atoms with van der Waals surface area (Å²) in [5.41, 5.74) is -1.93. The molecule has 0 saturated heterocycles. The number of rotatable bonds is 6. The molecule has 0 aromatic carbocycles. The van der Waals surface area contributed by atoms with E-state index in [1.165, 1.54) is 11.8 Å². The first-order valence-electron chi connectivity index (χ1n) is 5.62. The molecule has 1 heterocycles. The van der Waals surface area contributed by atoms with Crippen molar-refractivity contribution in [3.8, 4) is 0 Å². The Hall–Kier alpha value is -1.54. The molecule has 8 heteroatoms. The lowest BCUT2D eigenvalue weighted by Crippen LogP contribution is -2.44. The first kappa shape index (κ1) is 15.5. The number of carbonyl (C=O) groups is 1. The van der Waals surface area contributed by atoms with Crippen LogP contribution in [0.1, 0.15) is 6.92 Å². The number of thioether (sulfide) groups is 1. The SMILES string of the molecule is CSCC(C)(O)CNC(=O)Cn1[nH]c(=O)ccc1=O. The van der Waals surface area contributed by atoms with Crippen molar-refractivity contribution < 1.29 is 9.90 Å². The van der Waals surface area contributed by atoms with Crippen LogP contribution in [0.15, 0.2) is 21.7 Å². The first-order valence-corrected chi connectivity index (χ1v) is 7.02. The van der Waals surface area contributed by atoms with Crippen LogP contribution in [0.25, 0.3) is 0 Å². The fraction of sp³-hybridized carbons (Fsp3) is 0.545. The van der Waals surface area contributed by atoms with Gasteiger partial charge in [0.15, 0.2) is 0 Å². The number of nitrogens with zero attached hydrogens (tertiary/aromatic N) is 1. The zero-order valence-corrected chi connectivity index (χ0v) is 11.6. The van der Waals surface area contributed by atoms with Crippen molar-refractivity contribution in [2.75, 3.05) is 18.6 Å². The van der Waals surface area contributed by atoms with Crippen molar-refractivity contribution in [3.05, 3.63) is 32.8 Å². The van der Waals surface area contributed by atoms with E-state index in [9.17, 15) is 19.5 Å². The minimum Gasteiger partial charge on any atom is -0.387 e. The molecule has 0 saturated carbocycles. The lowest BCUT2D eigenvalue weighted by atomic mass is 10.1. The summed E-state index contributed by atoms with van der Waals surface area (Å²) < 4.78 is 0.918. The molecule has 0 radical (unpaired) electrons. The molecule has 0 spiro atoms. The number of aromatic amines is 1. The molecule has 1 amide bonds. The highest BCUT2D eigenvalue weighted by molar-refractivity contribution is 7.98. The molecule has 1 aromatic heterocycles. The number of aromatic nitrogens is 2. The number of nitrogens with one attached hydrogen (secondary N) is 2. The topological polar surface area (TPSA) is 104 Å². The monoisotopic (exact) mass is 287 g/mol. The molecule has 1 unspecified atom stereocenters. The van der Waals surface area contributed by atoms with E-state index in [2.05, 4.69) is 10.4 Å².